The summed E-state index contributed by atoms with van der Waals surface area (Å²) in [6, 6.07) is 5.57. The Morgan fingerprint density at radius 1 is 1.11 bits per heavy atom. The van der Waals surface area contributed by atoms with Crippen LogP contribution in [0.25, 0.3) is 11.3 Å². The van der Waals surface area contributed by atoms with Crippen molar-refractivity contribution < 1.29 is 42.4 Å². The molecular weight excluding hydrogens is 500 g/mol. The van der Waals surface area contributed by atoms with E-state index in [2.05, 4.69) is 15.6 Å². The minimum Gasteiger partial charge on any atom is -0.394 e. The first-order valence-corrected chi connectivity index (χ1v) is 11.6. The zero-order chi connectivity index (χ0) is 26.3. The topological polar surface area (TPSA) is 122 Å². The van der Waals surface area contributed by atoms with Crippen LogP contribution in [-0.4, -0.2) is 73.7 Å². The summed E-state index contributed by atoms with van der Waals surface area (Å²) in [6.45, 7) is -0.229. The van der Waals surface area contributed by atoms with Crippen molar-refractivity contribution in [2.45, 2.75) is 49.1 Å². The van der Waals surface area contributed by atoms with Gasteiger partial charge >= 0.3 is 0 Å². The number of nitrogens with zero attached hydrogens (tertiary/aromatic N) is 3. The minimum atomic E-state index is -1.72. The first-order chi connectivity index (χ1) is 17.7. The van der Waals surface area contributed by atoms with E-state index in [1.165, 1.54) is 18.3 Å². The number of rotatable bonds is 6. The summed E-state index contributed by atoms with van der Waals surface area (Å²) in [4.78, 5) is 0. The first-order valence-electron chi connectivity index (χ1n) is 11.6. The fraction of sp³-hybridized carbons (Fsp3) is 0.417. The lowest BCUT2D eigenvalue weighted by Crippen LogP contribution is -2.68. The Morgan fingerprint density at radius 3 is 2.57 bits per heavy atom. The second-order valence-corrected chi connectivity index (χ2v) is 9.02. The highest BCUT2D eigenvalue weighted by Gasteiger charge is 2.61. The number of hydrogen-bond acceptors (Lipinski definition) is 8. The molecule has 3 aromatic rings. The van der Waals surface area contributed by atoms with E-state index < -0.39 is 66.1 Å². The average molecular weight is 524 g/mol. The molecule has 2 aliphatic heterocycles. The molecule has 0 aliphatic carbocycles. The van der Waals surface area contributed by atoms with Gasteiger partial charge in [0.05, 0.1) is 25.5 Å². The number of hydrogen-bond donors (Lipinski definition) is 4. The van der Waals surface area contributed by atoms with Crippen LogP contribution in [-0.2, 0) is 16.0 Å². The van der Waals surface area contributed by atoms with Gasteiger partial charge in [0.25, 0.3) is 0 Å². The second-order valence-electron chi connectivity index (χ2n) is 9.02. The fourth-order valence-electron chi connectivity index (χ4n) is 4.90. The quantitative estimate of drug-likeness (QED) is 0.282. The third-order valence-electron chi connectivity index (χ3n) is 6.74. The Morgan fingerprint density at radius 2 is 1.86 bits per heavy atom. The molecule has 2 fully saturated rings. The number of halogens is 4. The predicted molar refractivity (Wildman–Crippen MR) is 119 cm³/mol. The van der Waals surface area contributed by atoms with Gasteiger partial charge < -0.3 is 30.1 Å². The summed E-state index contributed by atoms with van der Waals surface area (Å²) < 4.78 is 67.3. The van der Waals surface area contributed by atoms with Crippen LogP contribution in [0.2, 0.25) is 0 Å². The highest BCUT2D eigenvalue weighted by molar-refractivity contribution is 5.58. The maximum absolute atomic E-state index is 13.7. The Bertz CT molecular complexity index is 1260. The van der Waals surface area contributed by atoms with Crippen LogP contribution in [0.1, 0.15) is 18.0 Å². The number of aliphatic hydroxyl groups excluding tert-OH is 3. The summed E-state index contributed by atoms with van der Waals surface area (Å²) >= 11 is 0. The molecule has 198 valence electrons. The zero-order valence-electron chi connectivity index (χ0n) is 19.3. The van der Waals surface area contributed by atoms with Crippen molar-refractivity contribution in [3.63, 3.8) is 0 Å². The van der Waals surface area contributed by atoms with Gasteiger partial charge in [-0.2, -0.15) is 0 Å². The molecule has 0 bridgehead atoms. The van der Waals surface area contributed by atoms with Crippen LogP contribution < -0.4 is 5.32 Å². The van der Waals surface area contributed by atoms with Gasteiger partial charge in [0, 0.05) is 12.1 Å². The van der Waals surface area contributed by atoms with Crippen LogP contribution in [0.15, 0.2) is 42.6 Å². The van der Waals surface area contributed by atoms with Gasteiger partial charge in [-0.3, -0.25) is 0 Å². The van der Waals surface area contributed by atoms with Gasteiger partial charge in [0.15, 0.2) is 17.5 Å². The molecule has 0 radical (unpaired) electrons. The fourth-order valence-corrected chi connectivity index (χ4v) is 4.90. The minimum absolute atomic E-state index is 0.0496. The lowest BCUT2D eigenvalue weighted by molar-refractivity contribution is -0.345. The van der Waals surface area contributed by atoms with Gasteiger partial charge in [-0.05, 0) is 36.2 Å². The highest BCUT2D eigenvalue weighted by atomic mass is 19.2. The van der Waals surface area contributed by atoms with Crippen molar-refractivity contribution in [2.75, 3.05) is 13.2 Å². The van der Waals surface area contributed by atoms with Crippen LogP contribution >= 0.6 is 0 Å². The van der Waals surface area contributed by atoms with Crippen LogP contribution in [0, 0.1) is 23.3 Å². The Hall–Kier alpha value is -2.94. The van der Waals surface area contributed by atoms with Crippen LogP contribution in [0.4, 0.5) is 17.6 Å². The number of ether oxygens (including phenoxy) is 2. The maximum Gasteiger partial charge on any atom is 0.213 e. The lowest BCUT2D eigenvalue weighted by atomic mass is 9.86. The van der Waals surface area contributed by atoms with Gasteiger partial charge in [0.1, 0.15) is 35.9 Å². The predicted octanol–water partition coefficient (Wildman–Crippen LogP) is 1.43. The molecule has 2 aliphatic rings. The Kier molecular flexibility index (Phi) is 7.00. The summed E-state index contributed by atoms with van der Waals surface area (Å²) in [5.74, 6) is -6.58. The van der Waals surface area contributed by atoms with Crippen molar-refractivity contribution >= 4 is 0 Å². The van der Waals surface area contributed by atoms with Crippen LogP contribution in [0.5, 0.6) is 0 Å². The number of aliphatic hydroxyl groups is 3. The van der Waals surface area contributed by atoms with Gasteiger partial charge in [-0.1, -0.05) is 17.3 Å². The van der Waals surface area contributed by atoms with Crippen molar-refractivity contribution in [3.8, 4) is 11.3 Å². The van der Waals surface area contributed by atoms with Crippen LogP contribution in [0.3, 0.4) is 0 Å². The molecule has 9 nitrogen and oxygen atoms in total. The summed E-state index contributed by atoms with van der Waals surface area (Å²) in [6.07, 6.45) is -2.60. The SMILES string of the molecule is OC[C@H]1O[C@]2(OCC[C@H]2NCc2cccc(F)c2)[C@H](O)[C@@H](n2cc(-c3cc(F)c(F)c(F)c3)nn2)[C@H]1O. The summed E-state index contributed by atoms with van der Waals surface area (Å²) in [7, 11) is 0. The average Bonchev–Trinajstić information content (AvgIpc) is 3.52. The molecule has 3 heterocycles. The van der Waals surface area contributed by atoms with Gasteiger partial charge in [-0.15, -0.1) is 5.10 Å². The molecule has 37 heavy (non-hydrogen) atoms. The first kappa shape index (κ1) is 25.7. The second kappa shape index (κ2) is 10.1. The number of benzene rings is 2. The van der Waals surface area contributed by atoms with Gasteiger partial charge in [0.2, 0.25) is 5.79 Å². The third-order valence-corrected chi connectivity index (χ3v) is 6.74. The monoisotopic (exact) mass is 524 g/mol. The van der Waals surface area contributed by atoms with Gasteiger partial charge in [-0.25, -0.2) is 22.2 Å². The summed E-state index contributed by atoms with van der Waals surface area (Å²) in [5, 5.41) is 43.2. The molecule has 0 unspecified atom stereocenters. The van der Waals surface area contributed by atoms with E-state index in [4.69, 9.17) is 9.47 Å². The van der Waals surface area contributed by atoms with E-state index in [0.29, 0.717) is 12.0 Å². The van der Waals surface area contributed by atoms with E-state index in [-0.39, 0.29) is 24.4 Å². The van der Waals surface area contributed by atoms with E-state index in [0.717, 1.165) is 16.8 Å². The molecule has 6 atom stereocenters. The summed E-state index contributed by atoms with van der Waals surface area (Å²) in [5.41, 5.74) is 0.479. The van der Waals surface area contributed by atoms with E-state index in [1.54, 1.807) is 12.1 Å². The molecule has 1 spiro atoms. The normalized spacial score (nSPS) is 29.8. The Labute approximate surface area is 208 Å². The Balaban J connectivity index is 1.44. The number of aromatic nitrogens is 3. The molecule has 0 saturated carbocycles. The standard InChI is InChI=1S/C24H24F4N4O5/c25-14-3-1-2-12(6-14)9-29-19-4-5-36-24(19)23(35)21(22(34)18(11-33)37-24)32-10-17(30-31-32)13-7-15(26)20(28)16(27)8-13/h1-3,6-8,10,18-19,21-23,29,33-35H,4-5,9,11H2/t18-,19-,21+,22+,23-,24+/m1/s1. The smallest absolute Gasteiger partial charge is 0.213 e. The molecule has 1 aromatic heterocycles. The van der Waals surface area contributed by atoms with E-state index in [1.807, 2.05) is 0 Å². The highest BCUT2D eigenvalue weighted by Crippen LogP contribution is 2.43. The molecule has 5 rings (SSSR count). The molecule has 2 saturated heterocycles. The molecule has 4 N–H and O–H groups in total. The van der Waals surface area contributed by atoms with Crippen molar-refractivity contribution in [2.24, 2.45) is 0 Å². The van der Waals surface area contributed by atoms with Crippen molar-refractivity contribution in [3.05, 3.63) is 71.4 Å². The molecule has 2 aromatic carbocycles. The maximum atomic E-state index is 13.7. The molecular formula is C24H24F4N4O5. The van der Waals surface area contributed by atoms with E-state index >= 15 is 0 Å². The van der Waals surface area contributed by atoms with Crippen molar-refractivity contribution in [1.82, 2.24) is 20.3 Å². The lowest BCUT2D eigenvalue weighted by Gasteiger charge is -2.49. The van der Waals surface area contributed by atoms with Crippen molar-refractivity contribution in [1.29, 1.82) is 0 Å². The molecule has 0 amide bonds. The number of nitrogens with one attached hydrogen (secondary N) is 1. The molecule has 13 heteroatoms. The zero-order valence-corrected chi connectivity index (χ0v) is 19.3. The largest absolute Gasteiger partial charge is 0.394 e. The van der Waals surface area contributed by atoms with E-state index in [9.17, 15) is 32.9 Å². The third kappa shape index (κ3) is 4.62.